The van der Waals surface area contributed by atoms with Crippen LogP contribution in [0.2, 0.25) is 0 Å². The monoisotopic (exact) mass is 594 g/mol. The summed E-state index contributed by atoms with van der Waals surface area (Å²) in [7, 11) is 0. The molecule has 0 radical (unpaired) electrons. The first kappa shape index (κ1) is 33.4. The Balaban J connectivity index is 6.89. The average Bonchev–Trinajstić information content (AvgIpc) is 2.65. The molecular weight excluding hydrogens is 592 g/mol. The molecule has 2 unspecified atom stereocenters. The largest absolute Gasteiger partial charge is 0.412 e. The highest BCUT2D eigenvalue weighted by molar-refractivity contribution is 6.61. The van der Waals surface area contributed by atoms with E-state index in [0.29, 0.717) is 0 Å². The maximum Gasteiger partial charge on any atom is 0.406 e. The third-order valence-electron chi connectivity index (χ3n) is 3.86. The molecule has 0 amide bonds. The van der Waals surface area contributed by atoms with Crippen LogP contribution in [0.1, 0.15) is 0 Å². The van der Waals surface area contributed by atoms with Gasteiger partial charge < -0.3 is 4.74 Å². The summed E-state index contributed by atoms with van der Waals surface area (Å²) in [5.74, 6) is -68.1. The van der Waals surface area contributed by atoms with Crippen LogP contribution in [0.25, 0.3) is 0 Å². The molecule has 2 atom stereocenters. The van der Waals surface area contributed by atoms with E-state index in [4.69, 9.17) is 0 Å². The molecule has 23 heteroatoms. The van der Waals surface area contributed by atoms with Crippen LogP contribution in [0, 0.1) is 0 Å². The second kappa shape index (κ2) is 9.03. The van der Waals surface area contributed by atoms with Crippen molar-refractivity contribution in [2.45, 2.75) is 66.3 Å². The van der Waals surface area contributed by atoms with Crippen LogP contribution in [0.5, 0.6) is 0 Å². The Bertz CT molecular complexity index is 778. The van der Waals surface area contributed by atoms with Crippen LogP contribution in [0.3, 0.4) is 0 Å². The first-order valence-electron chi connectivity index (χ1n) is 7.39. The Labute approximate surface area is 182 Å². The zero-order valence-corrected chi connectivity index (χ0v) is 15.7. The van der Waals surface area contributed by atoms with E-state index in [1.54, 1.807) is 0 Å². The Hall–Kier alpha value is -1.64. The summed E-state index contributed by atoms with van der Waals surface area (Å²) in [6, 6.07) is 0. The average molecular weight is 595 g/mol. The Kier molecular flexibility index (Phi) is 8.61. The van der Waals surface area contributed by atoms with Crippen molar-refractivity contribution in [3.63, 3.8) is 0 Å². The van der Waals surface area contributed by atoms with Gasteiger partial charge in [-0.25, -0.2) is 18.0 Å². The molecule has 0 aromatic heterocycles. The lowest BCUT2D eigenvalue weighted by Crippen LogP contribution is -2.76. The van der Waals surface area contributed by atoms with Crippen molar-refractivity contribution in [3.05, 3.63) is 0 Å². The maximum absolute atomic E-state index is 13.4. The number of rotatable bonds is 11. The van der Waals surface area contributed by atoms with Crippen LogP contribution >= 0.6 is 11.6 Å². The van der Waals surface area contributed by atoms with Crippen molar-refractivity contribution in [2.24, 2.45) is 0 Å². The zero-order valence-electron chi connectivity index (χ0n) is 15.0. The summed E-state index contributed by atoms with van der Waals surface area (Å²) in [5.41, 5.74) is -2.90. The van der Waals surface area contributed by atoms with Gasteiger partial charge in [0, 0.05) is 11.6 Å². The number of carbonyl (C=O) groups excluding carboxylic acids is 1. The minimum Gasteiger partial charge on any atom is -0.412 e. The van der Waals surface area contributed by atoms with Crippen LogP contribution in [-0.4, -0.2) is 71.8 Å². The molecule has 0 aliphatic heterocycles. The van der Waals surface area contributed by atoms with Crippen molar-refractivity contribution in [2.75, 3.05) is 0 Å². The van der Waals surface area contributed by atoms with E-state index in [9.17, 15) is 92.6 Å². The third-order valence-corrected chi connectivity index (χ3v) is 3.95. The van der Waals surface area contributed by atoms with Crippen LogP contribution < -0.4 is 0 Å². The van der Waals surface area contributed by atoms with Crippen molar-refractivity contribution in [1.82, 2.24) is 0 Å². The quantitative estimate of drug-likeness (QED) is 0.185. The van der Waals surface area contributed by atoms with E-state index in [-0.39, 0.29) is 0 Å². The summed E-state index contributed by atoms with van der Waals surface area (Å²) in [5, 5.41) is 0. The summed E-state index contributed by atoms with van der Waals surface area (Å²) < 4.78 is 264. The van der Waals surface area contributed by atoms with Gasteiger partial charge in [0.05, 0.1) is 0 Å². The molecule has 0 spiro atoms. The van der Waals surface area contributed by atoms with E-state index < -0.39 is 71.8 Å². The summed E-state index contributed by atoms with van der Waals surface area (Å²) in [6.07, 6.45) is -16.9. The van der Waals surface area contributed by atoms with E-state index in [2.05, 4.69) is 16.3 Å². The van der Waals surface area contributed by atoms with E-state index in [1.807, 2.05) is 0 Å². The molecule has 0 rings (SSSR count). The van der Waals surface area contributed by atoms with Crippen molar-refractivity contribution < 1.29 is 97.3 Å². The Morgan fingerprint density at radius 2 is 0.771 bits per heavy atom. The molecule has 0 heterocycles. The predicted octanol–water partition coefficient (Wildman–Crippen LogP) is 7.34. The lowest BCUT2D eigenvalue weighted by atomic mass is 9.86. The first-order valence-corrected chi connectivity index (χ1v) is 7.77. The molecule has 210 valence electrons. The molecule has 35 heavy (non-hydrogen) atoms. The topological polar surface area (TPSA) is 26.3 Å². The van der Waals surface area contributed by atoms with E-state index >= 15 is 0 Å². The highest BCUT2D eigenvalue weighted by Crippen LogP contribution is 2.64. The van der Waals surface area contributed by atoms with Crippen LogP contribution in [0.15, 0.2) is 0 Å². The smallest absolute Gasteiger partial charge is 0.406 e. The molecule has 0 aliphatic carbocycles. The molecule has 0 bridgehead atoms. The van der Waals surface area contributed by atoms with E-state index in [0.717, 1.165) is 0 Å². The van der Waals surface area contributed by atoms with Gasteiger partial charge in [0.25, 0.3) is 6.43 Å². The predicted molar refractivity (Wildman–Crippen MR) is 67.7 cm³/mol. The van der Waals surface area contributed by atoms with Gasteiger partial charge in [-0.3, -0.25) is 0 Å². The second-order valence-electron chi connectivity index (χ2n) is 6.10. The molecule has 0 N–H and O–H groups in total. The fourth-order valence-corrected chi connectivity index (χ4v) is 1.91. The fourth-order valence-electron chi connectivity index (χ4n) is 1.84. The van der Waals surface area contributed by atoms with Crippen LogP contribution in [0.4, 0.5) is 92.6 Å². The fraction of sp³-hybridized carbons (Fsp3) is 0.917. The number of ether oxygens (including phenoxy) is 1. The molecule has 0 fully saturated rings. The van der Waals surface area contributed by atoms with Crippen LogP contribution in [-0.2, 0) is 4.74 Å². The minimum absolute atomic E-state index is 2.39. The first-order chi connectivity index (χ1) is 14.9. The van der Waals surface area contributed by atoms with Gasteiger partial charge in [0.2, 0.25) is 6.17 Å². The van der Waals surface area contributed by atoms with Gasteiger partial charge >= 0.3 is 59.2 Å². The zero-order chi connectivity index (χ0) is 29.0. The van der Waals surface area contributed by atoms with Gasteiger partial charge in [0.15, 0.2) is 0 Å². The van der Waals surface area contributed by atoms with Gasteiger partial charge in [-0.1, -0.05) is 0 Å². The maximum atomic E-state index is 13.4. The van der Waals surface area contributed by atoms with Crippen molar-refractivity contribution in [1.29, 1.82) is 0 Å². The Morgan fingerprint density at radius 1 is 0.514 bits per heavy atom. The number of hydrogen-bond donors (Lipinski definition) is 0. The SMILES string of the molecule is O=C(Cl)OC(F)C(F)(F)C(F)(F)C(F)(F)C(F)(F)C(F)(F)C(F)(F)C(F)(F)C(F)(F)C(F)C(F)F. The molecule has 0 aliphatic rings. The minimum atomic E-state index is -9.03. The third kappa shape index (κ3) is 4.51. The number of halogens is 21. The molecule has 0 aromatic rings. The molecular formula is C12H3ClF20O2. The number of carbonyl (C=O) groups is 1. The van der Waals surface area contributed by atoms with Crippen molar-refractivity contribution >= 4 is 17.0 Å². The van der Waals surface area contributed by atoms with Gasteiger partial charge in [0.1, 0.15) is 0 Å². The summed E-state index contributed by atoms with van der Waals surface area (Å²) >= 11 is 4.03. The van der Waals surface area contributed by atoms with Gasteiger partial charge in [-0.15, -0.1) is 0 Å². The van der Waals surface area contributed by atoms with Crippen molar-refractivity contribution in [3.8, 4) is 0 Å². The van der Waals surface area contributed by atoms with E-state index in [1.165, 1.54) is 0 Å². The number of alkyl halides is 20. The molecule has 0 saturated heterocycles. The Morgan fingerprint density at radius 3 is 1.03 bits per heavy atom. The number of hydrogen-bond acceptors (Lipinski definition) is 2. The van der Waals surface area contributed by atoms with Gasteiger partial charge in [-0.05, 0) is 0 Å². The summed E-state index contributed by atoms with van der Waals surface area (Å²) in [4.78, 5) is 10.0. The second-order valence-corrected chi connectivity index (χ2v) is 6.41. The van der Waals surface area contributed by atoms with Gasteiger partial charge in [-0.2, -0.15) is 74.6 Å². The molecule has 2 nitrogen and oxygen atoms in total. The lowest BCUT2D eigenvalue weighted by Gasteiger charge is -2.44. The standard InChI is InChI=1S/C12H3ClF20O2/c13-4(34)35-3(17)6(20,21)8(24,25)10(28,29)12(32,33)11(30,31)9(26,27)7(22,23)5(18,19)1(14)2(15)16/h1-3H. The lowest BCUT2D eigenvalue weighted by molar-refractivity contribution is -0.461. The highest BCUT2D eigenvalue weighted by Gasteiger charge is 2.96. The summed E-state index contributed by atoms with van der Waals surface area (Å²) in [6.45, 7) is 0. The highest BCUT2D eigenvalue weighted by atomic mass is 35.5. The molecule has 0 saturated carbocycles. The molecule has 0 aromatic carbocycles. The normalized spacial score (nSPS) is 17.4.